The van der Waals surface area contributed by atoms with Gasteiger partial charge >= 0.3 is 0 Å². The molecule has 0 bridgehead atoms. The molecule has 2 N–H and O–H groups in total. The van der Waals surface area contributed by atoms with E-state index in [1.54, 1.807) is 16.8 Å². The minimum absolute atomic E-state index is 0.0500. The Morgan fingerprint density at radius 1 is 1.50 bits per heavy atom. The van der Waals surface area contributed by atoms with E-state index in [0.29, 0.717) is 24.1 Å². The molecule has 2 aromatic heterocycles. The molecule has 7 heteroatoms. The molecule has 0 aliphatic carbocycles. The van der Waals surface area contributed by atoms with Gasteiger partial charge in [-0.1, -0.05) is 11.6 Å². The largest absolute Gasteiger partial charge is 0.373 e. The van der Waals surface area contributed by atoms with Gasteiger partial charge in [-0.3, -0.25) is 0 Å². The number of nitrogens with two attached hydrogens (primary N) is 1. The number of ether oxygens (including phenoxy) is 1. The Labute approximate surface area is 109 Å². The third-order valence-corrected chi connectivity index (χ3v) is 3.19. The molecule has 96 valence electrons. The first-order valence-corrected chi connectivity index (χ1v) is 6.22. The monoisotopic (exact) mass is 267 g/mol. The first-order chi connectivity index (χ1) is 8.76. The van der Waals surface area contributed by atoms with Crippen molar-refractivity contribution in [3.8, 4) is 0 Å². The molecule has 0 amide bonds. The fourth-order valence-electron chi connectivity index (χ4n) is 2.02. The maximum atomic E-state index is 5.92. The highest BCUT2D eigenvalue weighted by molar-refractivity contribution is 6.30. The van der Waals surface area contributed by atoms with Gasteiger partial charge in [-0.25, -0.2) is 4.52 Å². The Hall–Kier alpha value is -1.37. The molecule has 1 saturated heterocycles. The van der Waals surface area contributed by atoms with Crippen LogP contribution in [0, 0.1) is 0 Å². The maximum absolute atomic E-state index is 5.92. The molecule has 0 radical (unpaired) electrons. The summed E-state index contributed by atoms with van der Waals surface area (Å²) in [5.74, 6) is 0.694. The predicted molar refractivity (Wildman–Crippen MR) is 69.0 cm³/mol. The Bertz CT molecular complexity index is 557. The van der Waals surface area contributed by atoms with E-state index in [1.807, 2.05) is 6.07 Å². The van der Waals surface area contributed by atoms with Gasteiger partial charge in [-0.2, -0.15) is 4.98 Å². The zero-order valence-corrected chi connectivity index (χ0v) is 10.5. The molecule has 0 saturated carbocycles. The Kier molecular flexibility index (Phi) is 3.07. The van der Waals surface area contributed by atoms with Crippen LogP contribution < -0.4 is 10.6 Å². The SMILES string of the molecule is NCC1CN(c2nc3ccc(Cl)cn3n2)CCO1. The second-order valence-corrected chi connectivity index (χ2v) is 4.67. The van der Waals surface area contributed by atoms with Gasteiger partial charge in [0.2, 0.25) is 5.95 Å². The van der Waals surface area contributed by atoms with Crippen molar-refractivity contribution in [1.29, 1.82) is 0 Å². The number of anilines is 1. The zero-order valence-electron chi connectivity index (χ0n) is 9.79. The Morgan fingerprint density at radius 3 is 3.22 bits per heavy atom. The highest BCUT2D eigenvalue weighted by Crippen LogP contribution is 2.16. The Morgan fingerprint density at radius 2 is 2.39 bits per heavy atom. The van der Waals surface area contributed by atoms with Crippen LogP contribution in [0.25, 0.3) is 5.65 Å². The van der Waals surface area contributed by atoms with Crippen LogP contribution in [0.5, 0.6) is 0 Å². The third kappa shape index (κ3) is 2.14. The summed E-state index contributed by atoms with van der Waals surface area (Å²) >= 11 is 5.92. The van der Waals surface area contributed by atoms with Gasteiger partial charge in [-0.05, 0) is 12.1 Å². The fraction of sp³-hybridized carbons (Fsp3) is 0.455. The zero-order chi connectivity index (χ0) is 12.5. The Balaban J connectivity index is 1.89. The smallest absolute Gasteiger partial charge is 0.245 e. The van der Waals surface area contributed by atoms with Crippen molar-refractivity contribution in [1.82, 2.24) is 14.6 Å². The maximum Gasteiger partial charge on any atom is 0.245 e. The van der Waals surface area contributed by atoms with Crippen molar-refractivity contribution in [3.05, 3.63) is 23.4 Å². The molecular weight excluding hydrogens is 254 g/mol. The molecule has 1 aliphatic rings. The van der Waals surface area contributed by atoms with Crippen LogP contribution in [-0.2, 0) is 4.74 Å². The molecule has 1 unspecified atom stereocenters. The van der Waals surface area contributed by atoms with Crippen LogP contribution in [-0.4, -0.2) is 46.9 Å². The normalized spacial score (nSPS) is 20.6. The number of hydrogen-bond acceptors (Lipinski definition) is 5. The number of nitrogens with zero attached hydrogens (tertiary/aromatic N) is 4. The molecule has 0 aromatic carbocycles. The number of aromatic nitrogens is 3. The van der Waals surface area contributed by atoms with E-state index in [2.05, 4.69) is 15.0 Å². The van der Waals surface area contributed by atoms with Crippen molar-refractivity contribution in [2.45, 2.75) is 6.10 Å². The molecule has 2 aromatic rings. The van der Waals surface area contributed by atoms with E-state index in [1.165, 1.54) is 0 Å². The van der Waals surface area contributed by atoms with Gasteiger partial charge < -0.3 is 15.4 Å². The first-order valence-electron chi connectivity index (χ1n) is 5.85. The van der Waals surface area contributed by atoms with Gasteiger partial charge in [0.05, 0.1) is 17.7 Å². The lowest BCUT2D eigenvalue weighted by molar-refractivity contribution is 0.0460. The molecule has 18 heavy (non-hydrogen) atoms. The van der Waals surface area contributed by atoms with Gasteiger partial charge in [0.25, 0.3) is 0 Å². The molecule has 1 fully saturated rings. The summed E-state index contributed by atoms with van der Waals surface area (Å²) in [6, 6.07) is 3.65. The molecule has 3 heterocycles. The van der Waals surface area contributed by atoms with Crippen LogP contribution >= 0.6 is 11.6 Å². The van der Waals surface area contributed by atoms with Crippen LogP contribution in [0.15, 0.2) is 18.3 Å². The van der Waals surface area contributed by atoms with E-state index in [0.717, 1.165) is 18.7 Å². The topological polar surface area (TPSA) is 68.7 Å². The molecule has 1 atom stereocenters. The lowest BCUT2D eigenvalue weighted by atomic mass is 10.3. The van der Waals surface area contributed by atoms with E-state index in [4.69, 9.17) is 22.1 Å². The van der Waals surface area contributed by atoms with Gasteiger partial charge in [0, 0.05) is 25.8 Å². The predicted octanol–water partition coefficient (Wildman–Crippen LogP) is 0.547. The first kappa shape index (κ1) is 11.7. The van der Waals surface area contributed by atoms with Crippen LogP contribution in [0.3, 0.4) is 0 Å². The van der Waals surface area contributed by atoms with E-state index >= 15 is 0 Å². The summed E-state index contributed by atoms with van der Waals surface area (Å²) in [4.78, 5) is 6.55. The van der Waals surface area contributed by atoms with Crippen molar-refractivity contribution >= 4 is 23.2 Å². The second kappa shape index (κ2) is 4.72. The quantitative estimate of drug-likeness (QED) is 0.860. The van der Waals surface area contributed by atoms with Crippen LogP contribution in [0.1, 0.15) is 0 Å². The summed E-state index contributed by atoms with van der Waals surface area (Å²) in [6.07, 6.45) is 1.79. The number of hydrogen-bond donors (Lipinski definition) is 1. The lowest BCUT2D eigenvalue weighted by Gasteiger charge is -2.31. The van der Waals surface area contributed by atoms with Crippen molar-refractivity contribution in [3.63, 3.8) is 0 Å². The van der Waals surface area contributed by atoms with Gasteiger partial charge in [0.15, 0.2) is 5.65 Å². The standard InChI is InChI=1S/C11H14ClN5O/c12-8-1-2-10-14-11(15-17(10)6-8)16-3-4-18-9(5-13)7-16/h1-2,6,9H,3-5,7,13H2. The summed E-state index contributed by atoms with van der Waals surface area (Å²) in [5, 5.41) is 5.06. The highest BCUT2D eigenvalue weighted by atomic mass is 35.5. The van der Waals surface area contributed by atoms with Crippen molar-refractivity contribution in [2.24, 2.45) is 5.73 Å². The number of morpholine rings is 1. The molecule has 6 nitrogen and oxygen atoms in total. The summed E-state index contributed by atoms with van der Waals surface area (Å²) in [6.45, 7) is 2.66. The fourth-order valence-corrected chi connectivity index (χ4v) is 2.18. The summed E-state index contributed by atoms with van der Waals surface area (Å²) in [7, 11) is 0. The van der Waals surface area contributed by atoms with Crippen LogP contribution in [0.2, 0.25) is 5.02 Å². The lowest BCUT2D eigenvalue weighted by Crippen LogP contribution is -2.46. The number of pyridine rings is 1. The number of halogens is 1. The molecule has 3 rings (SSSR count). The second-order valence-electron chi connectivity index (χ2n) is 4.24. The average molecular weight is 268 g/mol. The minimum Gasteiger partial charge on any atom is -0.373 e. The van der Waals surface area contributed by atoms with E-state index in [-0.39, 0.29) is 6.10 Å². The van der Waals surface area contributed by atoms with Crippen molar-refractivity contribution in [2.75, 3.05) is 31.1 Å². The highest BCUT2D eigenvalue weighted by Gasteiger charge is 2.22. The summed E-state index contributed by atoms with van der Waals surface area (Å²) < 4.78 is 7.21. The third-order valence-electron chi connectivity index (χ3n) is 2.97. The van der Waals surface area contributed by atoms with Crippen molar-refractivity contribution < 1.29 is 4.74 Å². The van der Waals surface area contributed by atoms with E-state index in [9.17, 15) is 0 Å². The molecule has 0 spiro atoms. The van der Waals surface area contributed by atoms with Gasteiger partial charge in [-0.15, -0.1) is 5.10 Å². The number of rotatable bonds is 2. The van der Waals surface area contributed by atoms with Gasteiger partial charge in [0.1, 0.15) is 0 Å². The minimum atomic E-state index is 0.0500. The average Bonchev–Trinajstić information content (AvgIpc) is 2.81. The van der Waals surface area contributed by atoms with E-state index < -0.39 is 0 Å². The molecule has 1 aliphatic heterocycles. The summed E-state index contributed by atoms with van der Waals surface area (Å²) in [5.41, 5.74) is 6.41. The van der Waals surface area contributed by atoms with Crippen LogP contribution in [0.4, 0.5) is 5.95 Å². The molecular formula is C11H14ClN5O. The number of fused-ring (bicyclic) bond motifs is 1.